The number of nitrogens with one attached hydrogen (secondary N) is 1. The molecule has 1 N–H and O–H groups in total. The summed E-state index contributed by atoms with van der Waals surface area (Å²) in [5, 5.41) is 11.0. The Bertz CT molecular complexity index is 1220. The second-order valence-corrected chi connectivity index (χ2v) is 8.48. The molecule has 0 saturated carbocycles. The molecule has 210 valence electrons. The number of esters is 1. The maximum absolute atomic E-state index is 15.6. The number of ether oxygens (including phenoxy) is 3. The standard InChI is InChI=1S/C28H35FN4O5S/c1-8-12-16-22(36-6)24(29)21(18-30-11-4)23(19(5)9-2)25(34)31-27-32-33-28(39-27)38-17-14-13-15-20(10-3)26(35)37-7/h8,10-13,15-16,18H,1,9,14,17H2,2-7H3,(H,31,32,34)/b15-13-,16-12-,20-10+,21-18+,23-19-,24-22+,30-11?. The number of hydrogen-bond donors (Lipinski definition) is 1. The van der Waals surface area contributed by atoms with Crippen LogP contribution < -0.4 is 10.1 Å². The van der Waals surface area contributed by atoms with Crippen LogP contribution in [0, 0.1) is 0 Å². The predicted octanol–water partition coefficient (Wildman–Crippen LogP) is 6.19. The number of amides is 1. The van der Waals surface area contributed by atoms with Crippen molar-refractivity contribution in [3.05, 3.63) is 83.1 Å². The molecule has 0 aliphatic heterocycles. The van der Waals surface area contributed by atoms with Crippen LogP contribution in [0.15, 0.2) is 88.1 Å². The zero-order chi connectivity index (χ0) is 29.2. The first-order valence-electron chi connectivity index (χ1n) is 12.1. The number of methoxy groups -OCH3 is 2. The molecule has 0 bridgehead atoms. The Hall–Kier alpha value is -4.12. The van der Waals surface area contributed by atoms with Crippen LogP contribution in [0.3, 0.4) is 0 Å². The van der Waals surface area contributed by atoms with Crippen molar-refractivity contribution in [1.82, 2.24) is 10.2 Å². The Labute approximate surface area is 232 Å². The Morgan fingerprint density at radius 1 is 1.18 bits per heavy atom. The lowest BCUT2D eigenvalue weighted by Gasteiger charge is -2.14. The zero-order valence-electron chi connectivity index (χ0n) is 23.1. The number of nitrogens with zero attached hydrogens (tertiary/aromatic N) is 3. The first-order chi connectivity index (χ1) is 18.8. The molecule has 11 heteroatoms. The summed E-state index contributed by atoms with van der Waals surface area (Å²) in [6, 6.07) is 0. The van der Waals surface area contributed by atoms with E-state index in [0.29, 0.717) is 24.0 Å². The summed E-state index contributed by atoms with van der Waals surface area (Å²) in [5.74, 6) is -1.86. The van der Waals surface area contributed by atoms with Gasteiger partial charge < -0.3 is 14.2 Å². The quantitative estimate of drug-likeness (QED) is 0.0682. The first-order valence-corrected chi connectivity index (χ1v) is 12.9. The normalized spacial score (nSPS) is 13.9. The van der Waals surface area contributed by atoms with Gasteiger partial charge in [-0.3, -0.25) is 15.1 Å². The Morgan fingerprint density at radius 3 is 2.51 bits per heavy atom. The summed E-state index contributed by atoms with van der Waals surface area (Å²) in [7, 11) is 2.65. The van der Waals surface area contributed by atoms with Crippen molar-refractivity contribution < 1.29 is 28.2 Å². The fourth-order valence-corrected chi connectivity index (χ4v) is 3.54. The number of aliphatic imine (C=N–C) groups is 1. The van der Waals surface area contributed by atoms with E-state index in [-0.39, 0.29) is 33.8 Å². The van der Waals surface area contributed by atoms with Crippen LogP contribution in [0.5, 0.6) is 5.19 Å². The number of aromatic nitrogens is 2. The topological polar surface area (TPSA) is 112 Å². The van der Waals surface area contributed by atoms with Gasteiger partial charge in [0.15, 0.2) is 11.6 Å². The van der Waals surface area contributed by atoms with Gasteiger partial charge in [-0.25, -0.2) is 9.18 Å². The molecule has 0 saturated heterocycles. The summed E-state index contributed by atoms with van der Waals surface area (Å²) in [6.45, 7) is 10.9. The van der Waals surface area contributed by atoms with Gasteiger partial charge in [0.05, 0.1) is 32.0 Å². The summed E-state index contributed by atoms with van der Waals surface area (Å²) < 4.78 is 31.1. The molecule has 0 fully saturated rings. The Morgan fingerprint density at radius 2 is 1.92 bits per heavy atom. The number of allylic oxidation sites excluding steroid dienone is 6. The van der Waals surface area contributed by atoms with Gasteiger partial charge >= 0.3 is 5.97 Å². The van der Waals surface area contributed by atoms with E-state index in [0.717, 1.165) is 11.3 Å². The van der Waals surface area contributed by atoms with E-state index in [2.05, 4.69) is 27.1 Å². The lowest BCUT2D eigenvalue weighted by molar-refractivity contribution is -0.135. The minimum absolute atomic E-state index is 0.0456. The van der Waals surface area contributed by atoms with E-state index in [9.17, 15) is 9.59 Å². The summed E-state index contributed by atoms with van der Waals surface area (Å²) in [6.07, 6.45) is 13.2. The first kappa shape index (κ1) is 32.9. The van der Waals surface area contributed by atoms with E-state index in [4.69, 9.17) is 14.2 Å². The molecule has 0 aliphatic carbocycles. The van der Waals surface area contributed by atoms with Gasteiger partial charge in [0.2, 0.25) is 5.13 Å². The van der Waals surface area contributed by atoms with Crippen LogP contribution in [0.2, 0.25) is 0 Å². The average Bonchev–Trinajstić information content (AvgIpc) is 3.39. The number of carbonyl (C=O) groups excluding carboxylic acids is 2. The lowest BCUT2D eigenvalue weighted by atomic mass is 9.97. The number of halogens is 1. The van der Waals surface area contributed by atoms with Crippen molar-refractivity contribution in [1.29, 1.82) is 0 Å². The number of rotatable bonds is 15. The van der Waals surface area contributed by atoms with Crippen molar-refractivity contribution in [2.24, 2.45) is 4.99 Å². The van der Waals surface area contributed by atoms with Gasteiger partial charge in [-0.2, -0.15) is 0 Å². The third-order valence-electron chi connectivity index (χ3n) is 5.03. The highest BCUT2D eigenvalue weighted by atomic mass is 32.1. The molecule has 1 aromatic rings. The SMILES string of the molecule is C=C\C=C/C(OC)=C(F)/C(=C/N=CC)C(/C(=O)Nc1nnc(OCC/C=C\C(=C/C)C(=O)OC)s1)=C(\C)CC. The molecular formula is C28H35FN4O5S. The Balaban J connectivity index is 3.11. The van der Waals surface area contributed by atoms with Crippen LogP contribution in [0.4, 0.5) is 9.52 Å². The molecule has 0 atom stereocenters. The maximum Gasteiger partial charge on any atom is 0.337 e. The molecule has 39 heavy (non-hydrogen) atoms. The van der Waals surface area contributed by atoms with Gasteiger partial charge in [-0.05, 0) is 51.0 Å². The van der Waals surface area contributed by atoms with Crippen LogP contribution in [0.25, 0.3) is 0 Å². The lowest BCUT2D eigenvalue weighted by Crippen LogP contribution is -2.18. The van der Waals surface area contributed by atoms with E-state index in [1.165, 1.54) is 44.9 Å². The highest BCUT2D eigenvalue weighted by Crippen LogP contribution is 2.30. The molecule has 0 aromatic carbocycles. The molecule has 0 aliphatic rings. The largest absolute Gasteiger partial charge is 0.494 e. The number of hydrogen-bond acceptors (Lipinski definition) is 9. The van der Waals surface area contributed by atoms with Crippen LogP contribution in [-0.2, 0) is 19.1 Å². The number of anilines is 1. The second-order valence-electron chi connectivity index (χ2n) is 7.54. The van der Waals surface area contributed by atoms with Crippen molar-refractivity contribution in [2.45, 2.75) is 40.5 Å². The second kappa shape index (κ2) is 18.2. The average molecular weight is 559 g/mol. The highest BCUT2D eigenvalue weighted by Gasteiger charge is 2.24. The van der Waals surface area contributed by atoms with Crippen molar-refractivity contribution in [2.75, 3.05) is 26.1 Å². The van der Waals surface area contributed by atoms with E-state index in [1.54, 1.807) is 39.0 Å². The van der Waals surface area contributed by atoms with Crippen LogP contribution in [0.1, 0.15) is 40.5 Å². The Kier molecular flexibility index (Phi) is 15.3. The van der Waals surface area contributed by atoms with Gasteiger partial charge in [-0.1, -0.05) is 54.6 Å². The van der Waals surface area contributed by atoms with Crippen molar-refractivity contribution in [3.63, 3.8) is 0 Å². The fraction of sp³-hybridized carbons (Fsp3) is 0.321. The zero-order valence-corrected chi connectivity index (χ0v) is 23.9. The van der Waals surface area contributed by atoms with E-state index < -0.39 is 17.7 Å². The molecule has 0 spiro atoms. The molecule has 1 aromatic heterocycles. The van der Waals surface area contributed by atoms with Gasteiger partial charge in [0, 0.05) is 18.0 Å². The van der Waals surface area contributed by atoms with Crippen LogP contribution >= 0.6 is 11.3 Å². The van der Waals surface area contributed by atoms with E-state index in [1.807, 2.05) is 6.92 Å². The van der Waals surface area contributed by atoms with E-state index >= 15 is 4.39 Å². The molecule has 0 unspecified atom stereocenters. The number of carbonyl (C=O) groups is 2. The summed E-state index contributed by atoms with van der Waals surface area (Å²) in [5.41, 5.74) is 1.11. The molecule has 1 amide bonds. The smallest absolute Gasteiger partial charge is 0.337 e. The van der Waals surface area contributed by atoms with Gasteiger partial charge in [-0.15, -0.1) is 5.10 Å². The maximum atomic E-state index is 15.6. The monoisotopic (exact) mass is 558 g/mol. The summed E-state index contributed by atoms with van der Waals surface area (Å²) in [4.78, 5) is 29.0. The van der Waals surface area contributed by atoms with Crippen molar-refractivity contribution in [3.8, 4) is 5.19 Å². The third-order valence-corrected chi connectivity index (χ3v) is 5.78. The third kappa shape index (κ3) is 10.6. The minimum atomic E-state index is -0.762. The molecule has 0 radical (unpaired) electrons. The van der Waals surface area contributed by atoms with Crippen LogP contribution in [-0.4, -0.2) is 49.1 Å². The minimum Gasteiger partial charge on any atom is -0.494 e. The molecule has 1 heterocycles. The van der Waals surface area contributed by atoms with Gasteiger partial charge in [0.1, 0.15) is 0 Å². The molecular weight excluding hydrogens is 523 g/mol. The van der Waals surface area contributed by atoms with Crippen molar-refractivity contribution >= 4 is 34.6 Å². The predicted molar refractivity (Wildman–Crippen MR) is 153 cm³/mol. The molecule has 1 rings (SSSR count). The van der Waals surface area contributed by atoms with Gasteiger partial charge in [0.25, 0.3) is 11.1 Å². The summed E-state index contributed by atoms with van der Waals surface area (Å²) >= 11 is 1.02. The molecule has 9 nitrogen and oxygen atoms in total. The highest BCUT2D eigenvalue weighted by molar-refractivity contribution is 7.17. The fourth-order valence-electron chi connectivity index (χ4n) is 2.92.